The molecule has 0 radical (unpaired) electrons. The van der Waals surface area contributed by atoms with E-state index in [2.05, 4.69) is 5.10 Å². The molecule has 1 heterocycles. The first kappa shape index (κ1) is 20.9. The predicted octanol–water partition coefficient (Wildman–Crippen LogP) is 5.00. The van der Waals surface area contributed by atoms with Crippen LogP contribution in [0.4, 0.5) is 17.6 Å². The number of carbonyl (C=O) groups is 1. The van der Waals surface area contributed by atoms with Gasteiger partial charge >= 0.3 is 6.18 Å². The molecule has 1 amide bonds. The molecule has 0 aliphatic heterocycles. The van der Waals surface area contributed by atoms with E-state index < -0.39 is 23.3 Å². The van der Waals surface area contributed by atoms with E-state index >= 15 is 0 Å². The maximum Gasteiger partial charge on any atom is 0.434 e. The second-order valence-corrected chi connectivity index (χ2v) is 6.83. The summed E-state index contributed by atoms with van der Waals surface area (Å²) in [7, 11) is 1.41. The van der Waals surface area contributed by atoms with E-state index in [-0.39, 0.29) is 18.0 Å². The summed E-state index contributed by atoms with van der Waals surface area (Å²) in [6, 6.07) is 11.4. The number of benzene rings is 2. The smallest absolute Gasteiger partial charge is 0.341 e. The van der Waals surface area contributed by atoms with Crippen molar-refractivity contribution in [1.29, 1.82) is 0 Å². The van der Waals surface area contributed by atoms with Crippen LogP contribution in [0.25, 0.3) is 5.69 Å². The van der Waals surface area contributed by atoms with Gasteiger partial charge in [-0.25, -0.2) is 9.07 Å². The minimum absolute atomic E-state index is 0.134. The van der Waals surface area contributed by atoms with Gasteiger partial charge in [0.05, 0.1) is 17.4 Å². The van der Waals surface area contributed by atoms with Gasteiger partial charge in [-0.05, 0) is 48.4 Å². The Morgan fingerprint density at radius 3 is 2.31 bits per heavy atom. The fraction of sp³-hybridized carbons (Fsp3) is 0.200. The van der Waals surface area contributed by atoms with Crippen molar-refractivity contribution in [3.8, 4) is 5.69 Å². The summed E-state index contributed by atoms with van der Waals surface area (Å²) in [5.41, 5.74) is -0.804. The average molecular weight is 426 g/mol. The molecule has 152 valence electrons. The summed E-state index contributed by atoms with van der Waals surface area (Å²) < 4.78 is 54.8. The molecule has 3 aromatic rings. The first-order valence-electron chi connectivity index (χ1n) is 8.58. The van der Waals surface area contributed by atoms with E-state index in [1.807, 2.05) is 0 Å². The van der Waals surface area contributed by atoms with Crippen molar-refractivity contribution in [3.63, 3.8) is 0 Å². The maximum atomic E-state index is 13.7. The molecule has 0 N–H and O–H groups in total. The molecular weight excluding hydrogens is 410 g/mol. The molecule has 0 bridgehead atoms. The van der Waals surface area contributed by atoms with E-state index in [0.717, 1.165) is 11.8 Å². The van der Waals surface area contributed by atoms with Gasteiger partial charge in [-0.2, -0.15) is 18.3 Å². The monoisotopic (exact) mass is 425 g/mol. The first-order valence-corrected chi connectivity index (χ1v) is 8.95. The van der Waals surface area contributed by atoms with Crippen LogP contribution in [0, 0.1) is 5.82 Å². The molecule has 0 saturated carbocycles. The molecule has 2 aromatic carbocycles. The molecule has 0 aliphatic rings. The van der Waals surface area contributed by atoms with Crippen LogP contribution >= 0.6 is 11.6 Å². The maximum absolute atomic E-state index is 13.7. The number of amides is 1. The normalized spacial score (nSPS) is 11.5. The summed E-state index contributed by atoms with van der Waals surface area (Å²) >= 11 is 5.79. The van der Waals surface area contributed by atoms with Crippen LogP contribution in [0.5, 0.6) is 0 Å². The fourth-order valence-corrected chi connectivity index (χ4v) is 2.94. The lowest BCUT2D eigenvalue weighted by Crippen LogP contribution is -2.30. The first-order chi connectivity index (χ1) is 13.7. The minimum atomic E-state index is -4.79. The lowest BCUT2D eigenvalue weighted by atomic mass is 10.1. The number of likely N-dealkylation sites (N-methyl/N-ethyl adjacent to an activating group) is 1. The third-order valence-electron chi connectivity index (χ3n) is 4.34. The van der Waals surface area contributed by atoms with Gasteiger partial charge in [0, 0.05) is 18.6 Å². The van der Waals surface area contributed by atoms with Gasteiger partial charge in [0.25, 0.3) is 5.91 Å². The van der Waals surface area contributed by atoms with Crippen LogP contribution in [0.1, 0.15) is 21.6 Å². The summed E-state index contributed by atoms with van der Waals surface area (Å²) in [5.74, 6) is -1.19. The highest BCUT2D eigenvalue weighted by Gasteiger charge is 2.41. The fourth-order valence-electron chi connectivity index (χ4n) is 2.81. The molecule has 0 unspecified atom stereocenters. The summed E-state index contributed by atoms with van der Waals surface area (Å²) in [6.07, 6.45) is -3.51. The molecule has 0 atom stereocenters. The van der Waals surface area contributed by atoms with Crippen molar-refractivity contribution in [2.24, 2.45) is 0 Å². The van der Waals surface area contributed by atoms with Crippen LogP contribution in [0.15, 0.2) is 54.7 Å². The summed E-state index contributed by atoms with van der Waals surface area (Å²) in [5, 5.41) is 4.15. The zero-order valence-electron chi connectivity index (χ0n) is 15.3. The number of halogens is 5. The molecule has 0 spiro atoms. The van der Waals surface area contributed by atoms with Crippen molar-refractivity contribution in [3.05, 3.63) is 82.4 Å². The van der Waals surface area contributed by atoms with Crippen molar-refractivity contribution in [2.75, 3.05) is 13.6 Å². The molecule has 0 aliphatic carbocycles. The summed E-state index contributed by atoms with van der Waals surface area (Å²) in [6.45, 7) is 0.161. The SMILES string of the molecule is CN(CCc1ccc(F)cc1)C(=O)c1cnn(-c2ccc(Cl)cc2)c1C(F)(F)F. The molecule has 29 heavy (non-hydrogen) atoms. The number of nitrogens with zero attached hydrogens (tertiary/aromatic N) is 3. The van der Waals surface area contributed by atoms with Crippen molar-refractivity contribution < 1.29 is 22.4 Å². The van der Waals surface area contributed by atoms with Crippen molar-refractivity contribution >= 4 is 17.5 Å². The van der Waals surface area contributed by atoms with Gasteiger partial charge in [-0.1, -0.05) is 23.7 Å². The highest BCUT2D eigenvalue weighted by molar-refractivity contribution is 6.30. The van der Waals surface area contributed by atoms with E-state index in [9.17, 15) is 22.4 Å². The van der Waals surface area contributed by atoms with E-state index in [0.29, 0.717) is 16.1 Å². The Morgan fingerprint density at radius 2 is 1.72 bits per heavy atom. The Labute approximate surface area is 169 Å². The Bertz CT molecular complexity index is 998. The van der Waals surface area contributed by atoms with Crippen molar-refractivity contribution in [2.45, 2.75) is 12.6 Å². The highest BCUT2D eigenvalue weighted by atomic mass is 35.5. The van der Waals surface area contributed by atoms with Crippen LogP contribution in [0.3, 0.4) is 0 Å². The van der Waals surface area contributed by atoms with E-state index in [1.54, 1.807) is 12.1 Å². The number of aromatic nitrogens is 2. The molecule has 0 saturated heterocycles. The number of alkyl halides is 3. The lowest BCUT2D eigenvalue weighted by Gasteiger charge is -2.18. The quantitative estimate of drug-likeness (QED) is 0.540. The molecular formula is C20H16ClF4N3O. The average Bonchev–Trinajstić information content (AvgIpc) is 3.13. The second kappa shape index (κ2) is 8.24. The van der Waals surface area contributed by atoms with Gasteiger partial charge in [-0.15, -0.1) is 0 Å². The van der Waals surface area contributed by atoms with Crippen LogP contribution in [-0.4, -0.2) is 34.2 Å². The van der Waals surface area contributed by atoms with Gasteiger partial charge in [0.2, 0.25) is 0 Å². The third kappa shape index (κ3) is 4.76. The highest BCUT2D eigenvalue weighted by Crippen LogP contribution is 2.34. The molecule has 1 aromatic heterocycles. The molecule has 0 fully saturated rings. The Balaban J connectivity index is 1.86. The molecule has 9 heteroatoms. The minimum Gasteiger partial charge on any atom is -0.341 e. The van der Waals surface area contributed by atoms with Crippen LogP contribution < -0.4 is 0 Å². The van der Waals surface area contributed by atoms with E-state index in [1.165, 1.54) is 48.3 Å². The zero-order chi connectivity index (χ0) is 21.2. The number of hydrogen-bond acceptors (Lipinski definition) is 2. The van der Waals surface area contributed by atoms with E-state index in [4.69, 9.17) is 11.6 Å². The topological polar surface area (TPSA) is 38.1 Å². The summed E-state index contributed by atoms with van der Waals surface area (Å²) in [4.78, 5) is 13.9. The second-order valence-electron chi connectivity index (χ2n) is 6.40. The standard InChI is InChI=1S/C20H16ClF4N3O/c1-27(11-10-13-2-6-15(22)7-3-13)19(29)17-12-26-28(18(17)20(23,24)25)16-8-4-14(21)5-9-16/h2-9,12H,10-11H2,1H3. The van der Waals surface area contributed by atoms with Gasteiger partial charge < -0.3 is 4.90 Å². The number of carbonyl (C=O) groups excluding carboxylic acids is 1. The zero-order valence-corrected chi connectivity index (χ0v) is 16.0. The van der Waals surface area contributed by atoms with Crippen LogP contribution in [0.2, 0.25) is 5.02 Å². The third-order valence-corrected chi connectivity index (χ3v) is 4.59. The van der Waals surface area contributed by atoms with Gasteiger partial charge in [0.1, 0.15) is 5.82 Å². The predicted molar refractivity (Wildman–Crippen MR) is 101 cm³/mol. The number of hydrogen-bond donors (Lipinski definition) is 0. The Morgan fingerprint density at radius 1 is 1.10 bits per heavy atom. The molecule has 4 nitrogen and oxygen atoms in total. The largest absolute Gasteiger partial charge is 0.434 e. The molecule has 3 rings (SSSR count). The van der Waals surface area contributed by atoms with Crippen molar-refractivity contribution in [1.82, 2.24) is 14.7 Å². The lowest BCUT2D eigenvalue weighted by molar-refractivity contribution is -0.143. The van der Waals surface area contributed by atoms with Gasteiger partial charge in [0.15, 0.2) is 5.69 Å². The van der Waals surface area contributed by atoms with Crippen LogP contribution in [-0.2, 0) is 12.6 Å². The Kier molecular flexibility index (Phi) is 5.93. The number of rotatable bonds is 5. The van der Waals surface area contributed by atoms with Gasteiger partial charge in [-0.3, -0.25) is 4.79 Å². The Hall–Kier alpha value is -2.87.